The minimum atomic E-state index is -0.554. The lowest BCUT2D eigenvalue weighted by atomic mass is 10.3. The van der Waals surface area contributed by atoms with Gasteiger partial charge in [0.15, 0.2) is 5.69 Å². The number of carbonyl (C=O) groups excluding carboxylic acids is 1. The van der Waals surface area contributed by atoms with Gasteiger partial charge in [-0.25, -0.2) is 5.43 Å². The number of carbonyl (C=O) groups is 1. The number of anilines is 1. The van der Waals surface area contributed by atoms with Crippen LogP contribution in [0.15, 0.2) is 51.4 Å². The van der Waals surface area contributed by atoms with E-state index in [2.05, 4.69) is 26.2 Å². The second-order valence-corrected chi connectivity index (χ2v) is 4.32. The molecule has 2 aromatic rings. The fourth-order valence-corrected chi connectivity index (χ4v) is 1.77. The lowest BCUT2D eigenvalue weighted by Gasteiger charge is -2.10. The highest BCUT2D eigenvalue weighted by atomic mass is 16.2. The maximum absolute atomic E-state index is 12.2. The molecule has 1 heterocycles. The minimum Gasteiger partial charge on any atom is -0.276 e. The lowest BCUT2D eigenvalue weighted by molar-refractivity contribution is 0.0949. The van der Waals surface area contributed by atoms with E-state index in [1.165, 1.54) is 18.5 Å². The van der Waals surface area contributed by atoms with Gasteiger partial charge in [0.05, 0.1) is 11.4 Å². The highest BCUT2D eigenvalue weighted by molar-refractivity contribution is 5.97. The van der Waals surface area contributed by atoms with E-state index in [4.69, 9.17) is 0 Å². The molecule has 0 fully saturated rings. The fraction of sp³-hybridized carbons (Fsp3) is 0.133. The van der Waals surface area contributed by atoms with Crippen LogP contribution in [0, 0.1) is 0 Å². The number of hydrogen-bond acceptors (Lipinski definition) is 6. The Morgan fingerprint density at radius 1 is 1.17 bits per heavy atom. The van der Waals surface area contributed by atoms with Crippen molar-refractivity contribution < 1.29 is 4.79 Å². The van der Waals surface area contributed by atoms with E-state index in [-0.39, 0.29) is 16.9 Å². The molecule has 8 nitrogen and oxygen atoms in total. The Kier molecular flexibility index (Phi) is 5.35. The molecule has 1 aromatic carbocycles. The van der Waals surface area contributed by atoms with Crippen molar-refractivity contribution in [3.8, 4) is 5.69 Å². The Morgan fingerprint density at radius 2 is 1.87 bits per heavy atom. The maximum atomic E-state index is 12.2. The van der Waals surface area contributed by atoms with Crippen LogP contribution in [0.5, 0.6) is 0 Å². The number of nitrogens with one attached hydrogen (secondary N) is 2. The molecule has 0 unspecified atom stereocenters. The molecular weight excluding hydrogens is 296 g/mol. The van der Waals surface area contributed by atoms with Crippen LogP contribution in [-0.4, -0.2) is 28.1 Å². The van der Waals surface area contributed by atoms with Gasteiger partial charge in [-0.05, 0) is 26.0 Å². The highest BCUT2D eigenvalue weighted by Crippen LogP contribution is 2.12. The molecule has 0 aliphatic rings. The third-order valence-electron chi connectivity index (χ3n) is 2.76. The zero-order valence-electron chi connectivity index (χ0n) is 12.7. The quantitative estimate of drug-likeness (QED) is 0.643. The number of hydrazone groups is 2. The second-order valence-electron chi connectivity index (χ2n) is 4.32. The summed E-state index contributed by atoms with van der Waals surface area (Å²) in [5, 5.41) is 11.6. The summed E-state index contributed by atoms with van der Waals surface area (Å²) in [5.74, 6) is -0.554. The molecular formula is C15H16N6O2. The van der Waals surface area contributed by atoms with E-state index in [1.807, 2.05) is 6.07 Å². The van der Waals surface area contributed by atoms with Crippen LogP contribution in [0.3, 0.4) is 0 Å². The molecule has 0 aliphatic heterocycles. The van der Waals surface area contributed by atoms with Crippen molar-refractivity contribution >= 4 is 24.0 Å². The summed E-state index contributed by atoms with van der Waals surface area (Å²) in [4.78, 5) is 24.4. The smallest absolute Gasteiger partial charge is 0.276 e. The fourth-order valence-electron chi connectivity index (χ4n) is 1.77. The zero-order valence-corrected chi connectivity index (χ0v) is 12.7. The number of para-hydroxylation sites is 1. The third kappa shape index (κ3) is 3.88. The van der Waals surface area contributed by atoms with Crippen molar-refractivity contribution in [2.45, 2.75) is 13.8 Å². The topological polar surface area (TPSA) is 101 Å². The predicted molar refractivity (Wildman–Crippen MR) is 89.3 cm³/mol. The van der Waals surface area contributed by atoms with Crippen molar-refractivity contribution in [3.63, 3.8) is 0 Å². The van der Waals surface area contributed by atoms with E-state index in [0.717, 1.165) is 4.68 Å². The van der Waals surface area contributed by atoms with Gasteiger partial charge in [0.1, 0.15) is 0 Å². The van der Waals surface area contributed by atoms with Crippen LogP contribution < -0.4 is 16.4 Å². The molecule has 2 rings (SSSR count). The SMILES string of the molecule is C/C=N\Nc1cc(=O)n(-c2ccccc2)nc1C(=O)N/N=C/C. The van der Waals surface area contributed by atoms with Crippen molar-refractivity contribution in [1.82, 2.24) is 15.2 Å². The van der Waals surface area contributed by atoms with Crippen molar-refractivity contribution in [1.29, 1.82) is 0 Å². The number of nitrogens with zero attached hydrogens (tertiary/aromatic N) is 4. The van der Waals surface area contributed by atoms with Gasteiger partial charge < -0.3 is 0 Å². The summed E-state index contributed by atoms with van der Waals surface area (Å²) in [5.41, 5.74) is 5.31. The number of aromatic nitrogens is 2. The third-order valence-corrected chi connectivity index (χ3v) is 2.76. The molecule has 0 radical (unpaired) electrons. The first-order valence-electron chi connectivity index (χ1n) is 6.89. The van der Waals surface area contributed by atoms with Gasteiger partial charge in [0.2, 0.25) is 0 Å². The largest absolute Gasteiger partial charge is 0.294 e. The molecule has 0 bridgehead atoms. The molecule has 0 saturated carbocycles. The summed E-state index contributed by atoms with van der Waals surface area (Å²) in [6, 6.07) is 10.1. The van der Waals surface area contributed by atoms with Gasteiger partial charge in [0.25, 0.3) is 11.5 Å². The Hall–Kier alpha value is -3.29. The van der Waals surface area contributed by atoms with E-state index >= 15 is 0 Å². The van der Waals surface area contributed by atoms with Gasteiger partial charge in [-0.3, -0.25) is 15.0 Å². The van der Waals surface area contributed by atoms with Crippen molar-refractivity contribution in [3.05, 3.63) is 52.4 Å². The molecule has 2 N–H and O–H groups in total. The zero-order chi connectivity index (χ0) is 16.7. The molecule has 0 saturated heterocycles. The van der Waals surface area contributed by atoms with Crippen LogP contribution in [-0.2, 0) is 0 Å². The average Bonchev–Trinajstić information content (AvgIpc) is 2.58. The van der Waals surface area contributed by atoms with Gasteiger partial charge >= 0.3 is 0 Å². The van der Waals surface area contributed by atoms with E-state index in [9.17, 15) is 9.59 Å². The summed E-state index contributed by atoms with van der Waals surface area (Å²) in [7, 11) is 0. The Labute approximate surface area is 132 Å². The van der Waals surface area contributed by atoms with E-state index < -0.39 is 5.91 Å². The van der Waals surface area contributed by atoms with Crippen LogP contribution in [0.1, 0.15) is 24.3 Å². The number of benzene rings is 1. The number of hydrogen-bond donors (Lipinski definition) is 2. The Bertz CT molecular complexity index is 795. The predicted octanol–water partition coefficient (Wildman–Crippen LogP) is 1.39. The minimum absolute atomic E-state index is 0.00431. The van der Waals surface area contributed by atoms with Crippen LogP contribution >= 0.6 is 0 Å². The average molecular weight is 312 g/mol. The number of rotatable bonds is 5. The molecule has 0 atom stereocenters. The molecule has 23 heavy (non-hydrogen) atoms. The standard InChI is InChI=1S/C15H16N6O2/c1-3-16-18-12-10-13(22)21(11-8-6-5-7-9-11)20-14(12)15(23)19-17-4-2/h3-10,18H,1-2H3,(H,19,23)/b16-3-,17-4+. The Morgan fingerprint density at radius 3 is 2.52 bits per heavy atom. The summed E-state index contributed by atoms with van der Waals surface area (Å²) < 4.78 is 1.14. The maximum Gasteiger partial charge on any atom is 0.294 e. The first-order valence-corrected chi connectivity index (χ1v) is 6.89. The van der Waals surface area contributed by atoms with Crippen LogP contribution in [0.2, 0.25) is 0 Å². The summed E-state index contributed by atoms with van der Waals surface area (Å²) in [6.45, 7) is 3.37. The summed E-state index contributed by atoms with van der Waals surface area (Å²) >= 11 is 0. The molecule has 0 spiro atoms. The molecule has 118 valence electrons. The molecule has 0 aliphatic carbocycles. The monoisotopic (exact) mass is 312 g/mol. The van der Waals surface area contributed by atoms with Gasteiger partial charge in [-0.15, -0.1) is 0 Å². The molecule has 1 amide bonds. The second kappa shape index (κ2) is 7.64. The van der Waals surface area contributed by atoms with Gasteiger partial charge in [0, 0.05) is 18.5 Å². The van der Waals surface area contributed by atoms with E-state index in [1.54, 1.807) is 38.1 Å². The van der Waals surface area contributed by atoms with Gasteiger partial charge in [-0.1, -0.05) is 18.2 Å². The first kappa shape index (κ1) is 16.1. The van der Waals surface area contributed by atoms with Crippen LogP contribution in [0.4, 0.5) is 5.69 Å². The molecule has 1 aromatic heterocycles. The first-order chi connectivity index (χ1) is 11.2. The van der Waals surface area contributed by atoms with E-state index in [0.29, 0.717) is 5.69 Å². The van der Waals surface area contributed by atoms with Gasteiger partial charge in [-0.2, -0.15) is 20.0 Å². The Balaban J connectivity index is 2.55. The summed E-state index contributed by atoms with van der Waals surface area (Å²) in [6.07, 6.45) is 2.93. The van der Waals surface area contributed by atoms with Crippen molar-refractivity contribution in [2.75, 3.05) is 5.43 Å². The normalized spacial score (nSPS) is 11.0. The molecule has 8 heteroatoms. The number of amides is 1. The van der Waals surface area contributed by atoms with Crippen LogP contribution in [0.25, 0.3) is 5.69 Å². The highest BCUT2D eigenvalue weighted by Gasteiger charge is 2.16. The lowest BCUT2D eigenvalue weighted by Crippen LogP contribution is -2.28. The van der Waals surface area contributed by atoms with Crippen molar-refractivity contribution in [2.24, 2.45) is 10.2 Å².